The Labute approximate surface area is 189 Å². The zero-order chi connectivity index (χ0) is 22.8. The van der Waals surface area contributed by atoms with Gasteiger partial charge in [-0.15, -0.1) is 11.8 Å². The Kier molecular flexibility index (Phi) is 6.10. The second kappa shape index (κ2) is 8.97. The fraction of sp³-hybridized carbons (Fsp3) is 0.100. The summed E-state index contributed by atoms with van der Waals surface area (Å²) in [6.45, 7) is -0.311. The van der Waals surface area contributed by atoms with Crippen molar-refractivity contribution in [2.75, 3.05) is 17.3 Å². The molecule has 32 heavy (non-hydrogen) atoms. The molecule has 2 heterocycles. The number of nitrogens with one attached hydrogen (secondary N) is 1. The van der Waals surface area contributed by atoms with Crippen molar-refractivity contribution in [2.24, 2.45) is 0 Å². The van der Waals surface area contributed by atoms with E-state index in [-0.39, 0.29) is 23.9 Å². The lowest BCUT2D eigenvalue weighted by Gasteiger charge is -2.07. The molecule has 8 nitrogen and oxygen atoms in total. The van der Waals surface area contributed by atoms with Gasteiger partial charge in [0, 0.05) is 16.7 Å². The highest BCUT2D eigenvalue weighted by Crippen LogP contribution is 2.35. The molecule has 4 aromatic rings. The predicted molar refractivity (Wildman–Crippen MR) is 117 cm³/mol. The van der Waals surface area contributed by atoms with Gasteiger partial charge in [0.25, 0.3) is 5.89 Å². The molecule has 4 rings (SSSR count). The second-order valence-electron chi connectivity index (χ2n) is 6.53. The molecule has 0 bridgehead atoms. The molecule has 0 fully saturated rings. The van der Waals surface area contributed by atoms with Crippen molar-refractivity contribution in [3.8, 4) is 22.8 Å². The lowest BCUT2D eigenvalue weighted by atomic mass is 10.2. The summed E-state index contributed by atoms with van der Waals surface area (Å²) < 4.78 is 33.5. The fourth-order valence-electron chi connectivity index (χ4n) is 2.87. The third kappa shape index (κ3) is 4.43. The first kappa shape index (κ1) is 21.8. The molecule has 3 N–H and O–H groups in total. The van der Waals surface area contributed by atoms with E-state index in [9.17, 15) is 13.6 Å². The second-order valence-corrected chi connectivity index (χ2v) is 7.76. The Morgan fingerprint density at radius 3 is 2.69 bits per heavy atom. The van der Waals surface area contributed by atoms with E-state index in [1.165, 1.54) is 16.4 Å². The third-order valence-electron chi connectivity index (χ3n) is 4.39. The van der Waals surface area contributed by atoms with Crippen LogP contribution in [-0.4, -0.2) is 32.1 Å². The zero-order valence-electron chi connectivity index (χ0n) is 16.5. The average Bonchev–Trinajstić information content (AvgIpc) is 3.35. The summed E-state index contributed by atoms with van der Waals surface area (Å²) in [6, 6.07) is 9.75. The summed E-state index contributed by atoms with van der Waals surface area (Å²) in [6.07, 6.45) is 1.78. The SMILES string of the molecule is CSc1nn(CC(=O)Nc2ccc(F)cc2F)c(N)c1-c1nc(-c2ccc(Cl)cc2)no1. The van der Waals surface area contributed by atoms with Gasteiger partial charge < -0.3 is 15.6 Å². The summed E-state index contributed by atoms with van der Waals surface area (Å²) >= 11 is 7.18. The molecule has 2 aromatic carbocycles. The minimum absolute atomic E-state index is 0.121. The summed E-state index contributed by atoms with van der Waals surface area (Å²) in [5, 5.41) is 11.7. The molecular formula is C20H15ClF2N6O2S. The van der Waals surface area contributed by atoms with Crippen molar-refractivity contribution in [3.05, 3.63) is 59.1 Å². The predicted octanol–water partition coefficient (Wildman–Crippen LogP) is 4.47. The lowest BCUT2D eigenvalue weighted by molar-refractivity contribution is -0.116. The number of carbonyl (C=O) groups excluding carboxylic acids is 1. The number of hydrogen-bond acceptors (Lipinski definition) is 7. The number of amides is 1. The van der Waals surface area contributed by atoms with E-state index in [0.29, 0.717) is 33.1 Å². The maximum Gasteiger partial charge on any atom is 0.264 e. The number of anilines is 2. The van der Waals surface area contributed by atoms with Crippen molar-refractivity contribution in [2.45, 2.75) is 11.6 Å². The molecule has 1 amide bonds. The van der Waals surface area contributed by atoms with Crippen molar-refractivity contribution >= 4 is 40.8 Å². The molecule has 0 aliphatic heterocycles. The van der Waals surface area contributed by atoms with Crippen LogP contribution >= 0.6 is 23.4 Å². The van der Waals surface area contributed by atoms with Gasteiger partial charge in [-0.1, -0.05) is 16.8 Å². The maximum atomic E-state index is 13.8. The molecule has 0 saturated heterocycles. The van der Waals surface area contributed by atoms with Crippen LogP contribution < -0.4 is 11.1 Å². The van der Waals surface area contributed by atoms with Gasteiger partial charge in [-0.3, -0.25) is 4.79 Å². The van der Waals surface area contributed by atoms with Crippen LogP contribution in [0, 0.1) is 11.6 Å². The van der Waals surface area contributed by atoms with E-state index in [0.717, 1.165) is 12.1 Å². The van der Waals surface area contributed by atoms with Gasteiger partial charge in [-0.05, 0) is 42.7 Å². The molecule has 0 spiro atoms. The van der Waals surface area contributed by atoms with Crippen LogP contribution in [0.3, 0.4) is 0 Å². The number of nitrogens with zero attached hydrogens (tertiary/aromatic N) is 4. The van der Waals surface area contributed by atoms with Crippen molar-refractivity contribution in [1.29, 1.82) is 0 Å². The minimum atomic E-state index is -0.891. The summed E-state index contributed by atoms with van der Waals surface area (Å²) in [5.74, 6) is -1.65. The van der Waals surface area contributed by atoms with Crippen LogP contribution in [-0.2, 0) is 11.3 Å². The van der Waals surface area contributed by atoms with Gasteiger partial charge >= 0.3 is 0 Å². The Morgan fingerprint density at radius 2 is 2.00 bits per heavy atom. The first-order valence-electron chi connectivity index (χ1n) is 9.11. The first-order chi connectivity index (χ1) is 15.4. The highest BCUT2D eigenvalue weighted by Gasteiger charge is 2.24. The van der Waals surface area contributed by atoms with Crippen LogP contribution in [0.4, 0.5) is 20.3 Å². The number of nitrogen functional groups attached to an aromatic ring is 1. The quantitative estimate of drug-likeness (QED) is 0.395. The van der Waals surface area contributed by atoms with E-state index >= 15 is 0 Å². The van der Waals surface area contributed by atoms with Crippen LogP contribution in [0.25, 0.3) is 22.8 Å². The molecule has 0 aliphatic carbocycles. The molecule has 12 heteroatoms. The van der Waals surface area contributed by atoms with Crippen LogP contribution in [0.5, 0.6) is 0 Å². The summed E-state index contributed by atoms with van der Waals surface area (Å²) in [7, 11) is 0. The molecule has 0 radical (unpaired) electrons. The molecular weight excluding hydrogens is 462 g/mol. The lowest BCUT2D eigenvalue weighted by Crippen LogP contribution is -2.21. The van der Waals surface area contributed by atoms with Crippen molar-refractivity contribution in [3.63, 3.8) is 0 Å². The van der Waals surface area contributed by atoms with Gasteiger partial charge in [-0.2, -0.15) is 10.1 Å². The van der Waals surface area contributed by atoms with Gasteiger partial charge in [0.15, 0.2) is 0 Å². The monoisotopic (exact) mass is 476 g/mol. The first-order valence-corrected chi connectivity index (χ1v) is 10.7. The van der Waals surface area contributed by atoms with E-state index in [4.69, 9.17) is 21.9 Å². The van der Waals surface area contributed by atoms with E-state index in [1.807, 2.05) is 0 Å². The Morgan fingerprint density at radius 1 is 1.25 bits per heavy atom. The van der Waals surface area contributed by atoms with E-state index < -0.39 is 17.5 Å². The molecule has 2 aromatic heterocycles. The van der Waals surface area contributed by atoms with Crippen LogP contribution in [0.15, 0.2) is 52.0 Å². The number of carbonyl (C=O) groups is 1. The van der Waals surface area contributed by atoms with E-state index in [1.54, 1.807) is 30.5 Å². The van der Waals surface area contributed by atoms with E-state index in [2.05, 4.69) is 20.6 Å². The molecule has 0 aliphatic rings. The highest BCUT2D eigenvalue weighted by molar-refractivity contribution is 7.98. The number of rotatable bonds is 6. The number of hydrogen-bond donors (Lipinski definition) is 2. The molecule has 164 valence electrons. The topological polar surface area (TPSA) is 112 Å². The average molecular weight is 477 g/mol. The van der Waals surface area contributed by atoms with Gasteiger partial charge in [-0.25, -0.2) is 13.5 Å². The summed E-state index contributed by atoms with van der Waals surface area (Å²) in [5.41, 5.74) is 7.13. The highest BCUT2D eigenvalue weighted by atomic mass is 35.5. The van der Waals surface area contributed by atoms with Gasteiger partial charge in [0.1, 0.15) is 34.6 Å². The third-order valence-corrected chi connectivity index (χ3v) is 5.32. The number of aromatic nitrogens is 4. The van der Waals surface area contributed by atoms with Gasteiger partial charge in [0.05, 0.1) is 5.69 Å². The number of benzene rings is 2. The normalized spacial score (nSPS) is 11.0. The number of halogens is 3. The van der Waals surface area contributed by atoms with Crippen molar-refractivity contribution < 1.29 is 18.1 Å². The standard InChI is InChI=1S/C20H15ClF2N6O2S/c1-32-20-16(19-26-18(28-31-19)10-2-4-11(21)5-3-10)17(24)29(27-20)9-15(30)25-14-7-6-12(22)8-13(14)23/h2-8H,9,24H2,1H3,(H,25,30). The Hall–Kier alpha value is -3.44. The fourth-order valence-corrected chi connectivity index (χ4v) is 3.58. The van der Waals surface area contributed by atoms with Crippen LogP contribution in [0.2, 0.25) is 5.02 Å². The number of thioether (sulfide) groups is 1. The maximum absolute atomic E-state index is 13.8. The smallest absolute Gasteiger partial charge is 0.264 e. The largest absolute Gasteiger partial charge is 0.383 e. The molecule has 0 atom stereocenters. The minimum Gasteiger partial charge on any atom is -0.383 e. The van der Waals surface area contributed by atoms with Crippen molar-refractivity contribution in [1.82, 2.24) is 19.9 Å². The zero-order valence-corrected chi connectivity index (χ0v) is 18.0. The van der Waals surface area contributed by atoms with Crippen LogP contribution in [0.1, 0.15) is 0 Å². The molecule has 0 saturated carbocycles. The Balaban J connectivity index is 1.58. The molecule has 0 unspecified atom stereocenters. The number of nitrogens with two attached hydrogens (primary N) is 1. The summed E-state index contributed by atoms with van der Waals surface area (Å²) in [4.78, 5) is 16.8. The Bertz CT molecular complexity index is 1290. The van der Waals surface area contributed by atoms with Gasteiger partial charge in [0.2, 0.25) is 11.7 Å².